The number of carboxylic acids is 1. The average molecular weight is 262 g/mol. The smallest absolute Gasteiger partial charge is 0.330 e. The Labute approximate surface area is 112 Å². The molecule has 0 saturated carbocycles. The van der Waals surface area contributed by atoms with E-state index >= 15 is 0 Å². The summed E-state index contributed by atoms with van der Waals surface area (Å²) in [4.78, 5) is 23.1. The molecule has 1 aliphatic rings. The second-order valence-corrected chi connectivity index (χ2v) is 4.75. The van der Waals surface area contributed by atoms with Crippen LogP contribution < -0.4 is 10.6 Å². The lowest BCUT2D eigenvalue weighted by atomic mass is 10.1. The van der Waals surface area contributed by atoms with E-state index in [1.54, 1.807) is 24.3 Å². The van der Waals surface area contributed by atoms with Gasteiger partial charge in [0.1, 0.15) is 0 Å². The Morgan fingerprint density at radius 1 is 1.37 bits per heavy atom. The Bertz CT molecular complexity index is 441. The van der Waals surface area contributed by atoms with Crippen molar-refractivity contribution >= 4 is 11.9 Å². The number of nitrogens with one attached hydrogen (secondary N) is 2. The largest absolute Gasteiger partial charge is 0.479 e. The van der Waals surface area contributed by atoms with Crippen molar-refractivity contribution < 1.29 is 14.7 Å². The van der Waals surface area contributed by atoms with Crippen molar-refractivity contribution in [1.29, 1.82) is 0 Å². The molecule has 0 bridgehead atoms. The van der Waals surface area contributed by atoms with Crippen molar-refractivity contribution in [2.75, 3.05) is 6.54 Å². The van der Waals surface area contributed by atoms with Crippen molar-refractivity contribution in [3.63, 3.8) is 0 Å². The van der Waals surface area contributed by atoms with Gasteiger partial charge >= 0.3 is 5.97 Å². The van der Waals surface area contributed by atoms with Gasteiger partial charge in [0.2, 0.25) is 5.91 Å². The molecular formula is C14H18N2O3. The maximum absolute atomic E-state index is 11.9. The molecule has 1 unspecified atom stereocenters. The molecule has 5 heteroatoms. The fraction of sp³-hybridized carbons (Fsp3) is 0.429. The second kappa shape index (κ2) is 6.33. The van der Waals surface area contributed by atoms with Crippen LogP contribution in [0.15, 0.2) is 30.3 Å². The molecule has 1 aromatic rings. The number of carbonyl (C=O) groups is 2. The van der Waals surface area contributed by atoms with E-state index in [2.05, 4.69) is 10.6 Å². The van der Waals surface area contributed by atoms with Crippen LogP contribution >= 0.6 is 0 Å². The summed E-state index contributed by atoms with van der Waals surface area (Å²) in [7, 11) is 0. The number of hydrogen-bond donors (Lipinski definition) is 3. The summed E-state index contributed by atoms with van der Waals surface area (Å²) in [5, 5.41) is 15.0. The van der Waals surface area contributed by atoms with Gasteiger partial charge in [0, 0.05) is 12.5 Å². The maximum atomic E-state index is 11.9. The molecule has 0 aliphatic carbocycles. The van der Waals surface area contributed by atoms with Gasteiger partial charge in [-0.05, 0) is 24.9 Å². The van der Waals surface area contributed by atoms with Gasteiger partial charge in [-0.2, -0.15) is 0 Å². The zero-order chi connectivity index (χ0) is 13.7. The predicted octanol–water partition coefficient (Wildman–Crippen LogP) is 1.07. The van der Waals surface area contributed by atoms with Gasteiger partial charge in [-0.3, -0.25) is 4.79 Å². The summed E-state index contributed by atoms with van der Waals surface area (Å²) in [6.45, 7) is 0.930. The first kappa shape index (κ1) is 13.5. The molecule has 5 nitrogen and oxygen atoms in total. The Morgan fingerprint density at radius 2 is 2.11 bits per heavy atom. The number of hydrogen-bond acceptors (Lipinski definition) is 3. The van der Waals surface area contributed by atoms with Gasteiger partial charge in [-0.1, -0.05) is 30.3 Å². The number of benzene rings is 1. The topological polar surface area (TPSA) is 78.4 Å². The zero-order valence-electron chi connectivity index (χ0n) is 10.6. The highest BCUT2D eigenvalue weighted by atomic mass is 16.4. The molecule has 19 heavy (non-hydrogen) atoms. The highest BCUT2D eigenvalue weighted by Crippen LogP contribution is 2.14. The summed E-state index contributed by atoms with van der Waals surface area (Å²) in [6.07, 6.45) is 2.37. The lowest BCUT2D eigenvalue weighted by Gasteiger charge is -2.16. The van der Waals surface area contributed by atoms with Crippen LogP contribution in [-0.4, -0.2) is 29.6 Å². The fourth-order valence-corrected chi connectivity index (χ4v) is 2.31. The van der Waals surface area contributed by atoms with Crippen molar-refractivity contribution in [2.45, 2.75) is 31.3 Å². The van der Waals surface area contributed by atoms with Gasteiger partial charge in [0.05, 0.1) is 0 Å². The number of carbonyl (C=O) groups excluding carboxylic acids is 1. The standard InChI is InChI=1S/C14H18N2O3/c17-12(9-11-7-4-8-15-11)16-13(14(18)19)10-5-2-1-3-6-10/h1-3,5-6,11,13,15H,4,7-9H2,(H,16,17)(H,18,19)/t11?,13-/m1/s1. The summed E-state index contributed by atoms with van der Waals surface area (Å²) in [5.41, 5.74) is 0.586. The quantitative estimate of drug-likeness (QED) is 0.741. The van der Waals surface area contributed by atoms with Gasteiger partial charge in [0.25, 0.3) is 0 Å². The number of amides is 1. The predicted molar refractivity (Wildman–Crippen MR) is 70.6 cm³/mol. The molecule has 1 amide bonds. The molecule has 1 fully saturated rings. The van der Waals surface area contributed by atoms with Crippen LogP contribution in [0.3, 0.4) is 0 Å². The molecule has 3 N–H and O–H groups in total. The SMILES string of the molecule is O=C(CC1CCCN1)N[C@@H](C(=O)O)c1ccccc1. The molecular weight excluding hydrogens is 244 g/mol. The molecule has 2 rings (SSSR count). The van der Waals surface area contributed by atoms with Gasteiger partial charge < -0.3 is 15.7 Å². The number of carboxylic acid groups (broad SMARTS) is 1. The van der Waals surface area contributed by atoms with E-state index in [9.17, 15) is 14.7 Å². The molecule has 0 aromatic heterocycles. The molecule has 0 spiro atoms. The Balaban J connectivity index is 1.97. The molecule has 1 saturated heterocycles. The molecule has 1 aliphatic heterocycles. The van der Waals surface area contributed by atoms with E-state index in [1.807, 2.05) is 6.07 Å². The van der Waals surface area contributed by atoms with Gasteiger partial charge in [-0.15, -0.1) is 0 Å². The summed E-state index contributed by atoms with van der Waals surface area (Å²) in [6, 6.07) is 7.93. The van der Waals surface area contributed by atoms with E-state index in [0.717, 1.165) is 19.4 Å². The van der Waals surface area contributed by atoms with Crippen molar-refractivity contribution in [2.24, 2.45) is 0 Å². The lowest BCUT2D eigenvalue weighted by molar-refractivity contribution is -0.142. The van der Waals surface area contributed by atoms with Gasteiger partial charge in [0.15, 0.2) is 6.04 Å². The van der Waals surface area contributed by atoms with Crippen LogP contribution in [0.25, 0.3) is 0 Å². The molecule has 0 radical (unpaired) electrons. The molecule has 1 heterocycles. The highest BCUT2D eigenvalue weighted by Gasteiger charge is 2.24. The minimum Gasteiger partial charge on any atom is -0.479 e. The normalized spacial score (nSPS) is 19.9. The van der Waals surface area contributed by atoms with Crippen LogP contribution in [0.4, 0.5) is 0 Å². The van der Waals surface area contributed by atoms with E-state index in [4.69, 9.17) is 0 Å². The Hall–Kier alpha value is -1.88. The Kier molecular flexibility index (Phi) is 4.52. The first-order chi connectivity index (χ1) is 9.16. The molecule has 2 atom stereocenters. The second-order valence-electron chi connectivity index (χ2n) is 4.75. The minimum absolute atomic E-state index is 0.171. The van der Waals surface area contributed by atoms with Crippen LogP contribution in [0.1, 0.15) is 30.9 Å². The van der Waals surface area contributed by atoms with Crippen LogP contribution in [0.5, 0.6) is 0 Å². The Morgan fingerprint density at radius 3 is 2.68 bits per heavy atom. The minimum atomic E-state index is -1.04. The van der Waals surface area contributed by atoms with Crippen molar-refractivity contribution in [3.8, 4) is 0 Å². The van der Waals surface area contributed by atoms with Crippen molar-refractivity contribution in [3.05, 3.63) is 35.9 Å². The van der Waals surface area contributed by atoms with Crippen molar-refractivity contribution in [1.82, 2.24) is 10.6 Å². The lowest BCUT2D eigenvalue weighted by Crippen LogP contribution is -2.37. The third-order valence-corrected chi connectivity index (χ3v) is 3.28. The van der Waals surface area contributed by atoms with Gasteiger partial charge in [-0.25, -0.2) is 4.79 Å². The van der Waals surface area contributed by atoms with E-state index in [1.165, 1.54) is 0 Å². The van der Waals surface area contributed by atoms with Crippen LogP contribution in [0, 0.1) is 0 Å². The van der Waals surface area contributed by atoms with E-state index in [-0.39, 0.29) is 11.9 Å². The monoisotopic (exact) mass is 262 g/mol. The first-order valence-corrected chi connectivity index (χ1v) is 6.47. The summed E-state index contributed by atoms with van der Waals surface area (Å²) < 4.78 is 0. The molecule has 102 valence electrons. The number of rotatable bonds is 5. The third kappa shape index (κ3) is 3.79. The zero-order valence-corrected chi connectivity index (χ0v) is 10.6. The van der Waals surface area contributed by atoms with Crippen LogP contribution in [-0.2, 0) is 9.59 Å². The maximum Gasteiger partial charge on any atom is 0.330 e. The highest BCUT2D eigenvalue weighted by molar-refractivity contribution is 5.84. The van der Waals surface area contributed by atoms with Crippen LogP contribution in [0.2, 0.25) is 0 Å². The fourth-order valence-electron chi connectivity index (χ4n) is 2.31. The first-order valence-electron chi connectivity index (χ1n) is 6.47. The summed E-state index contributed by atoms with van der Waals surface area (Å²) in [5.74, 6) is -1.27. The van der Waals surface area contributed by atoms with E-state index in [0.29, 0.717) is 12.0 Å². The number of aliphatic carboxylic acids is 1. The molecule has 1 aromatic carbocycles. The van der Waals surface area contributed by atoms with E-state index < -0.39 is 12.0 Å². The average Bonchev–Trinajstić information content (AvgIpc) is 2.89. The summed E-state index contributed by atoms with van der Waals surface area (Å²) >= 11 is 0. The third-order valence-electron chi connectivity index (χ3n) is 3.28.